The number of aryl methyl sites for hydroxylation is 1. The normalized spacial score (nSPS) is 11.1. The molecule has 0 spiro atoms. The molecule has 2 rings (SSSR count). The number of rotatable bonds is 8. The number of hydrogen-bond donors (Lipinski definition) is 1. The highest BCUT2D eigenvalue weighted by Crippen LogP contribution is 2.24. The van der Waals surface area contributed by atoms with E-state index in [0.29, 0.717) is 30.4 Å². The first-order valence-corrected chi connectivity index (χ1v) is 8.84. The van der Waals surface area contributed by atoms with E-state index in [0.717, 1.165) is 5.56 Å². The molecular weight excluding hydrogens is 330 g/mol. The zero-order valence-electron chi connectivity index (χ0n) is 13.9. The fourth-order valence-corrected chi connectivity index (χ4v) is 3.22. The van der Waals surface area contributed by atoms with E-state index in [1.807, 2.05) is 0 Å². The van der Waals surface area contributed by atoms with E-state index >= 15 is 0 Å². The van der Waals surface area contributed by atoms with Gasteiger partial charge in [0.15, 0.2) is 0 Å². The summed E-state index contributed by atoms with van der Waals surface area (Å²) < 4.78 is 43.1. The third-order valence-electron chi connectivity index (χ3n) is 3.32. The molecule has 24 heavy (non-hydrogen) atoms. The van der Waals surface area contributed by atoms with Crippen LogP contribution in [-0.4, -0.2) is 35.9 Å². The second kappa shape index (κ2) is 8.03. The van der Waals surface area contributed by atoms with E-state index in [2.05, 4.69) is 4.72 Å². The quantitative estimate of drug-likeness (QED) is 0.740. The van der Waals surface area contributed by atoms with E-state index in [1.165, 1.54) is 13.2 Å². The smallest absolute Gasteiger partial charge is 0.261 e. The first-order valence-electron chi connectivity index (χ1n) is 7.35. The molecule has 6 nitrogen and oxygen atoms in total. The summed E-state index contributed by atoms with van der Waals surface area (Å²) in [5.41, 5.74) is 1.17. The Morgan fingerprint density at radius 1 is 1.04 bits per heavy atom. The molecule has 0 heterocycles. The molecule has 1 N–H and O–H groups in total. The number of methoxy groups -OCH3 is 2. The zero-order chi connectivity index (χ0) is 17.6. The molecule has 2 aromatic rings. The number of ether oxygens (including phenoxy) is 3. The maximum absolute atomic E-state index is 12.5. The van der Waals surface area contributed by atoms with Gasteiger partial charge in [0.1, 0.15) is 18.1 Å². The van der Waals surface area contributed by atoms with Crippen molar-refractivity contribution in [1.29, 1.82) is 0 Å². The van der Waals surface area contributed by atoms with Crippen molar-refractivity contribution in [3.63, 3.8) is 0 Å². The van der Waals surface area contributed by atoms with E-state index in [1.54, 1.807) is 50.4 Å². The van der Waals surface area contributed by atoms with Crippen molar-refractivity contribution in [2.45, 2.75) is 11.8 Å². The van der Waals surface area contributed by atoms with Crippen LogP contribution >= 0.6 is 0 Å². The van der Waals surface area contributed by atoms with Crippen molar-refractivity contribution in [2.75, 3.05) is 32.2 Å². The van der Waals surface area contributed by atoms with Crippen LogP contribution in [0.5, 0.6) is 11.5 Å². The van der Waals surface area contributed by atoms with Gasteiger partial charge in [-0.05, 0) is 42.8 Å². The molecule has 0 amide bonds. The maximum atomic E-state index is 12.5. The third kappa shape index (κ3) is 4.62. The standard InChI is InChI=1S/C17H21NO5S/c1-13-11-16(7-8-17(13)23-10-9-21-2)24(19,20)18-14-5-4-6-15(12-14)22-3/h4-8,11-12,18H,9-10H2,1-3H3. The average Bonchev–Trinajstić information content (AvgIpc) is 2.56. The molecule has 0 fully saturated rings. The molecule has 0 atom stereocenters. The number of benzene rings is 2. The molecule has 0 unspecified atom stereocenters. The SMILES string of the molecule is COCCOc1ccc(S(=O)(=O)Nc2cccc(OC)c2)cc1C. The molecular formula is C17H21NO5S. The summed E-state index contributed by atoms with van der Waals surface area (Å²) in [5, 5.41) is 0. The van der Waals surface area contributed by atoms with Crippen LogP contribution in [0, 0.1) is 6.92 Å². The second-order valence-electron chi connectivity index (χ2n) is 5.11. The molecule has 0 aliphatic heterocycles. The van der Waals surface area contributed by atoms with Gasteiger partial charge < -0.3 is 14.2 Å². The van der Waals surface area contributed by atoms with Crippen LogP contribution in [0.1, 0.15) is 5.56 Å². The van der Waals surface area contributed by atoms with E-state index in [4.69, 9.17) is 14.2 Å². The Bertz CT molecular complexity index is 789. The minimum Gasteiger partial charge on any atom is -0.497 e. The van der Waals surface area contributed by atoms with Crippen molar-refractivity contribution >= 4 is 15.7 Å². The monoisotopic (exact) mass is 351 g/mol. The minimum atomic E-state index is -3.69. The lowest BCUT2D eigenvalue weighted by Gasteiger charge is -2.12. The van der Waals surface area contributed by atoms with Crippen LogP contribution in [0.4, 0.5) is 5.69 Å². The van der Waals surface area contributed by atoms with Gasteiger partial charge in [0.05, 0.1) is 24.3 Å². The lowest BCUT2D eigenvalue weighted by molar-refractivity contribution is 0.146. The molecule has 7 heteroatoms. The average molecular weight is 351 g/mol. The molecule has 0 aliphatic carbocycles. The summed E-state index contributed by atoms with van der Waals surface area (Å²) in [7, 11) is -0.568. The van der Waals surface area contributed by atoms with E-state index in [-0.39, 0.29) is 4.90 Å². The van der Waals surface area contributed by atoms with E-state index in [9.17, 15) is 8.42 Å². The van der Waals surface area contributed by atoms with Crippen molar-refractivity contribution < 1.29 is 22.6 Å². The summed E-state index contributed by atoms with van der Waals surface area (Å²) in [6.45, 7) is 2.68. The predicted octanol–water partition coefficient (Wildman–Crippen LogP) is 2.83. The number of nitrogens with one attached hydrogen (secondary N) is 1. The molecule has 0 saturated carbocycles. The van der Waals surface area contributed by atoms with Crippen LogP contribution in [0.3, 0.4) is 0 Å². The number of anilines is 1. The Labute approximate surface area is 142 Å². The topological polar surface area (TPSA) is 73.9 Å². The largest absolute Gasteiger partial charge is 0.497 e. The van der Waals surface area contributed by atoms with Crippen LogP contribution in [-0.2, 0) is 14.8 Å². The summed E-state index contributed by atoms with van der Waals surface area (Å²) in [6, 6.07) is 11.5. The Kier molecular flexibility index (Phi) is 6.05. The fourth-order valence-electron chi connectivity index (χ4n) is 2.09. The summed E-state index contributed by atoms with van der Waals surface area (Å²) in [5.74, 6) is 1.21. The fraction of sp³-hybridized carbons (Fsp3) is 0.294. The minimum absolute atomic E-state index is 0.168. The van der Waals surface area contributed by atoms with Gasteiger partial charge in [0.2, 0.25) is 0 Å². The molecule has 0 aliphatic rings. The highest BCUT2D eigenvalue weighted by molar-refractivity contribution is 7.92. The van der Waals surface area contributed by atoms with Gasteiger partial charge in [-0.3, -0.25) is 4.72 Å². The van der Waals surface area contributed by atoms with Crippen molar-refractivity contribution in [2.24, 2.45) is 0 Å². The van der Waals surface area contributed by atoms with Crippen molar-refractivity contribution in [3.8, 4) is 11.5 Å². The predicted molar refractivity (Wildman–Crippen MR) is 92.4 cm³/mol. The van der Waals surface area contributed by atoms with Crippen molar-refractivity contribution in [1.82, 2.24) is 0 Å². The molecule has 0 aromatic heterocycles. The van der Waals surface area contributed by atoms with Crippen LogP contribution in [0.2, 0.25) is 0 Å². The van der Waals surface area contributed by atoms with Crippen LogP contribution in [0.25, 0.3) is 0 Å². The first kappa shape index (κ1) is 18.1. The van der Waals surface area contributed by atoms with Gasteiger partial charge in [-0.15, -0.1) is 0 Å². The van der Waals surface area contributed by atoms with Gasteiger partial charge in [-0.1, -0.05) is 6.07 Å². The Balaban J connectivity index is 2.18. The zero-order valence-corrected chi connectivity index (χ0v) is 14.7. The Hall–Kier alpha value is -2.25. The Morgan fingerprint density at radius 3 is 2.50 bits per heavy atom. The van der Waals surface area contributed by atoms with Gasteiger partial charge in [0.25, 0.3) is 10.0 Å². The summed E-state index contributed by atoms with van der Waals surface area (Å²) >= 11 is 0. The van der Waals surface area contributed by atoms with Gasteiger partial charge in [-0.25, -0.2) is 8.42 Å². The summed E-state index contributed by atoms with van der Waals surface area (Å²) in [4.78, 5) is 0.168. The summed E-state index contributed by atoms with van der Waals surface area (Å²) in [6.07, 6.45) is 0. The molecule has 130 valence electrons. The van der Waals surface area contributed by atoms with Crippen molar-refractivity contribution in [3.05, 3.63) is 48.0 Å². The molecule has 0 bridgehead atoms. The van der Waals surface area contributed by atoms with E-state index < -0.39 is 10.0 Å². The molecule has 0 saturated heterocycles. The number of hydrogen-bond acceptors (Lipinski definition) is 5. The van der Waals surface area contributed by atoms with Crippen LogP contribution < -0.4 is 14.2 Å². The van der Waals surface area contributed by atoms with Gasteiger partial charge in [0, 0.05) is 13.2 Å². The highest BCUT2D eigenvalue weighted by atomic mass is 32.2. The number of sulfonamides is 1. The lowest BCUT2D eigenvalue weighted by Crippen LogP contribution is -2.13. The highest BCUT2D eigenvalue weighted by Gasteiger charge is 2.16. The van der Waals surface area contributed by atoms with Gasteiger partial charge in [-0.2, -0.15) is 0 Å². The molecule has 0 radical (unpaired) electrons. The first-order chi connectivity index (χ1) is 11.5. The second-order valence-corrected chi connectivity index (χ2v) is 6.79. The third-order valence-corrected chi connectivity index (χ3v) is 4.70. The van der Waals surface area contributed by atoms with Crippen LogP contribution in [0.15, 0.2) is 47.4 Å². The Morgan fingerprint density at radius 2 is 1.83 bits per heavy atom. The van der Waals surface area contributed by atoms with Gasteiger partial charge >= 0.3 is 0 Å². The molecule has 2 aromatic carbocycles. The lowest BCUT2D eigenvalue weighted by atomic mass is 10.2. The maximum Gasteiger partial charge on any atom is 0.261 e.